The van der Waals surface area contributed by atoms with Crippen molar-refractivity contribution in [3.05, 3.63) is 0 Å². The Morgan fingerprint density at radius 1 is 1.71 bits per heavy atom. The Labute approximate surface area is 84.0 Å². The Morgan fingerprint density at radius 3 is 3.14 bits per heavy atom. The van der Waals surface area contributed by atoms with Gasteiger partial charge < -0.3 is 15.2 Å². The lowest BCUT2D eigenvalue weighted by Crippen LogP contribution is -2.45. The molecule has 0 aromatic heterocycles. The molecule has 1 aliphatic rings. The van der Waals surface area contributed by atoms with Gasteiger partial charge in [-0.2, -0.15) is 0 Å². The van der Waals surface area contributed by atoms with E-state index < -0.39 is 0 Å². The van der Waals surface area contributed by atoms with Crippen LogP contribution >= 0.6 is 0 Å². The highest BCUT2D eigenvalue weighted by molar-refractivity contribution is 5.75. The molecule has 1 aliphatic heterocycles. The number of carbonyl (C=O) groups is 1. The summed E-state index contributed by atoms with van der Waals surface area (Å²) in [6, 6.07) is 0. The van der Waals surface area contributed by atoms with Crippen LogP contribution in [0.15, 0.2) is 0 Å². The van der Waals surface area contributed by atoms with Crippen LogP contribution in [-0.2, 0) is 9.53 Å². The van der Waals surface area contributed by atoms with Crippen molar-refractivity contribution >= 4 is 5.91 Å². The first-order valence-electron chi connectivity index (χ1n) is 4.91. The molecule has 1 unspecified atom stereocenters. The summed E-state index contributed by atoms with van der Waals surface area (Å²) in [4.78, 5) is 13.1. The molecular weight excluding hydrogens is 184 g/mol. The van der Waals surface area contributed by atoms with E-state index in [4.69, 9.17) is 9.84 Å². The summed E-state index contributed by atoms with van der Waals surface area (Å²) in [5.41, 5.74) is 0. The van der Waals surface area contributed by atoms with Crippen molar-refractivity contribution in [1.82, 2.24) is 10.2 Å². The molecule has 0 bridgehead atoms. The highest BCUT2D eigenvalue weighted by atomic mass is 16.5. The molecule has 1 saturated heterocycles. The van der Waals surface area contributed by atoms with E-state index in [0.717, 1.165) is 13.1 Å². The van der Waals surface area contributed by atoms with Crippen LogP contribution in [0, 0.1) is 0 Å². The number of ether oxygens (including phenoxy) is 1. The van der Waals surface area contributed by atoms with Crippen LogP contribution in [0.1, 0.15) is 6.42 Å². The molecule has 2 N–H and O–H groups in total. The Hall–Kier alpha value is -0.650. The molecule has 1 fully saturated rings. The van der Waals surface area contributed by atoms with E-state index in [2.05, 4.69) is 10.2 Å². The topological polar surface area (TPSA) is 61.8 Å². The zero-order valence-corrected chi connectivity index (χ0v) is 8.53. The molecule has 1 amide bonds. The predicted molar refractivity (Wildman–Crippen MR) is 51.9 cm³/mol. The summed E-state index contributed by atoms with van der Waals surface area (Å²) in [6.07, 6.45) is 0.419. The van der Waals surface area contributed by atoms with Crippen LogP contribution in [-0.4, -0.2) is 61.9 Å². The molecule has 5 nitrogen and oxygen atoms in total. The summed E-state index contributed by atoms with van der Waals surface area (Å²) in [7, 11) is 1.64. The lowest BCUT2D eigenvalue weighted by molar-refractivity contribution is -0.121. The predicted octanol–water partition coefficient (Wildman–Crippen LogP) is -1.18. The monoisotopic (exact) mass is 202 g/mol. The lowest BCUT2D eigenvalue weighted by atomic mass is 10.2. The molecule has 0 aromatic carbocycles. The fourth-order valence-electron chi connectivity index (χ4n) is 1.48. The summed E-state index contributed by atoms with van der Waals surface area (Å²) < 4.78 is 5.30. The van der Waals surface area contributed by atoms with Crippen molar-refractivity contribution in [3.63, 3.8) is 0 Å². The molecule has 0 radical (unpaired) electrons. The fraction of sp³-hybridized carbons (Fsp3) is 0.889. The van der Waals surface area contributed by atoms with Gasteiger partial charge in [0.05, 0.1) is 19.3 Å². The number of aliphatic hydroxyl groups excluding tert-OH is 1. The first-order chi connectivity index (χ1) is 6.76. The second-order valence-electron chi connectivity index (χ2n) is 3.40. The van der Waals surface area contributed by atoms with Crippen molar-refractivity contribution in [3.8, 4) is 0 Å². The number of nitrogens with zero attached hydrogens (tertiary/aromatic N) is 1. The van der Waals surface area contributed by atoms with Crippen molar-refractivity contribution in [2.45, 2.75) is 12.5 Å². The van der Waals surface area contributed by atoms with E-state index in [1.54, 1.807) is 7.05 Å². The maximum atomic E-state index is 11.0. The second-order valence-corrected chi connectivity index (χ2v) is 3.40. The van der Waals surface area contributed by atoms with Gasteiger partial charge in [0.1, 0.15) is 0 Å². The van der Waals surface area contributed by atoms with Crippen molar-refractivity contribution < 1.29 is 14.6 Å². The Bertz CT molecular complexity index is 187. The number of aliphatic hydroxyl groups is 1. The minimum absolute atomic E-state index is 0.0521. The minimum atomic E-state index is -0.0894. The van der Waals surface area contributed by atoms with Gasteiger partial charge >= 0.3 is 0 Å². The van der Waals surface area contributed by atoms with Crippen LogP contribution in [0.25, 0.3) is 0 Å². The molecule has 0 saturated carbocycles. The van der Waals surface area contributed by atoms with Gasteiger partial charge in [-0.15, -0.1) is 0 Å². The highest BCUT2D eigenvalue weighted by Gasteiger charge is 2.19. The van der Waals surface area contributed by atoms with Gasteiger partial charge in [0.25, 0.3) is 0 Å². The average Bonchev–Trinajstić information content (AvgIpc) is 2.26. The number of amides is 1. The first kappa shape index (κ1) is 11.4. The van der Waals surface area contributed by atoms with Crippen LogP contribution in [0.5, 0.6) is 0 Å². The highest BCUT2D eigenvalue weighted by Crippen LogP contribution is 2.04. The maximum Gasteiger partial charge on any atom is 0.221 e. The number of morpholine rings is 1. The quantitative estimate of drug-likeness (QED) is 0.602. The fourth-order valence-corrected chi connectivity index (χ4v) is 1.48. The zero-order chi connectivity index (χ0) is 10.4. The number of hydrogen-bond acceptors (Lipinski definition) is 4. The smallest absolute Gasteiger partial charge is 0.221 e. The second kappa shape index (κ2) is 5.95. The molecule has 0 aliphatic carbocycles. The molecule has 1 atom stereocenters. The van der Waals surface area contributed by atoms with Crippen LogP contribution in [0.3, 0.4) is 0 Å². The standard InChI is InChI=1S/C9H18N2O3/c1-10-9(13)2-3-11-4-5-14-8(6-11)7-12/h8,12H,2-7H2,1H3,(H,10,13). The number of rotatable bonds is 4. The molecular formula is C9H18N2O3. The van der Waals surface area contributed by atoms with E-state index >= 15 is 0 Å². The van der Waals surface area contributed by atoms with E-state index in [1.165, 1.54) is 0 Å². The van der Waals surface area contributed by atoms with Gasteiger partial charge in [-0.3, -0.25) is 9.69 Å². The third kappa shape index (κ3) is 3.61. The molecule has 1 heterocycles. The Kier molecular flexibility index (Phi) is 4.86. The lowest BCUT2D eigenvalue weighted by Gasteiger charge is -2.31. The summed E-state index contributed by atoms with van der Waals surface area (Å²) in [6.45, 7) is 2.98. The normalized spacial score (nSPS) is 23.4. The number of nitrogens with one attached hydrogen (secondary N) is 1. The van der Waals surface area contributed by atoms with Gasteiger partial charge in [-0.05, 0) is 0 Å². The third-order valence-electron chi connectivity index (χ3n) is 2.36. The minimum Gasteiger partial charge on any atom is -0.394 e. The Morgan fingerprint density at radius 2 is 2.50 bits per heavy atom. The van der Waals surface area contributed by atoms with E-state index in [9.17, 15) is 4.79 Å². The first-order valence-corrected chi connectivity index (χ1v) is 4.91. The SMILES string of the molecule is CNC(=O)CCN1CCOC(CO)C1. The van der Waals surface area contributed by atoms with Gasteiger partial charge in [0.15, 0.2) is 0 Å². The number of carbonyl (C=O) groups excluding carboxylic acids is 1. The van der Waals surface area contributed by atoms with Gasteiger partial charge in [-0.25, -0.2) is 0 Å². The molecule has 0 aromatic rings. The largest absolute Gasteiger partial charge is 0.394 e. The number of hydrogen-bond donors (Lipinski definition) is 2. The summed E-state index contributed by atoms with van der Waals surface area (Å²) >= 11 is 0. The molecule has 0 spiro atoms. The van der Waals surface area contributed by atoms with Crippen molar-refractivity contribution in [1.29, 1.82) is 0 Å². The van der Waals surface area contributed by atoms with Crippen molar-refractivity contribution in [2.75, 3.05) is 39.9 Å². The third-order valence-corrected chi connectivity index (χ3v) is 2.36. The van der Waals surface area contributed by atoms with Gasteiger partial charge in [0.2, 0.25) is 5.91 Å². The van der Waals surface area contributed by atoms with Gasteiger partial charge in [-0.1, -0.05) is 0 Å². The van der Waals surface area contributed by atoms with Crippen LogP contribution < -0.4 is 5.32 Å². The molecule has 14 heavy (non-hydrogen) atoms. The molecule has 5 heteroatoms. The van der Waals surface area contributed by atoms with E-state index in [1.807, 2.05) is 0 Å². The maximum absolute atomic E-state index is 11.0. The van der Waals surface area contributed by atoms with Gasteiger partial charge in [0, 0.05) is 33.1 Å². The Balaban J connectivity index is 2.20. The summed E-state index contributed by atoms with van der Waals surface area (Å²) in [5.74, 6) is 0.0528. The molecule has 82 valence electrons. The van der Waals surface area contributed by atoms with E-state index in [0.29, 0.717) is 19.6 Å². The van der Waals surface area contributed by atoms with E-state index in [-0.39, 0.29) is 18.6 Å². The summed E-state index contributed by atoms with van der Waals surface area (Å²) in [5, 5.41) is 11.5. The zero-order valence-electron chi connectivity index (χ0n) is 8.53. The van der Waals surface area contributed by atoms with Crippen molar-refractivity contribution in [2.24, 2.45) is 0 Å². The molecule has 1 rings (SSSR count). The van der Waals surface area contributed by atoms with Crippen LogP contribution in [0.2, 0.25) is 0 Å². The van der Waals surface area contributed by atoms with Crippen LogP contribution in [0.4, 0.5) is 0 Å². The average molecular weight is 202 g/mol.